The van der Waals surface area contributed by atoms with Crippen molar-refractivity contribution < 1.29 is 14.6 Å². The number of benzene rings is 3. The molecule has 6 nitrogen and oxygen atoms in total. The van der Waals surface area contributed by atoms with Crippen molar-refractivity contribution in [1.82, 2.24) is 15.5 Å². The number of ether oxygens (including phenoxy) is 1. The van der Waals surface area contributed by atoms with Crippen molar-refractivity contribution in [3.05, 3.63) is 107 Å². The summed E-state index contributed by atoms with van der Waals surface area (Å²) in [5.74, 6) is -0.153. The van der Waals surface area contributed by atoms with Crippen LogP contribution in [0.2, 0.25) is 0 Å². The number of aromatic nitrogens is 2. The molecule has 0 amide bonds. The van der Waals surface area contributed by atoms with Crippen molar-refractivity contribution in [2.24, 2.45) is 0 Å². The van der Waals surface area contributed by atoms with E-state index in [9.17, 15) is 4.79 Å². The highest BCUT2D eigenvalue weighted by Gasteiger charge is 2.15. The molecule has 3 N–H and O–H groups in total. The number of nitrogens with one attached hydrogen (secondary N) is 2. The van der Waals surface area contributed by atoms with E-state index in [1.165, 1.54) is 22.3 Å². The first-order valence-corrected chi connectivity index (χ1v) is 12.1. The summed E-state index contributed by atoms with van der Waals surface area (Å²) in [6.07, 6.45) is 5.46. The van der Waals surface area contributed by atoms with Crippen LogP contribution in [0.3, 0.4) is 0 Å². The number of fused-ring (bicyclic) bond motifs is 1. The van der Waals surface area contributed by atoms with Crippen LogP contribution < -0.4 is 10.1 Å². The number of carboxylic acid groups (broad SMARTS) is 1. The monoisotopic (exact) mass is 481 g/mol. The van der Waals surface area contributed by atoms with E-state index in [4.69, 9.17) is 9.84 Å². The number of aliphatic carboxylic acids is 1. The zero-order valence-corrected chi connectivity index (χ0v) is 20.6. The number of hydrogen-bond acceptors (Lipinski definition) is 4. The molecular weight excluding hydrogens is 450 g/mol. The van der Waals surface area contributed by atoms with Gasteiger partial charge in [-0.15, -0.1) is 0 Å². The molecule has 0 aliphatic carbocycles. The molecule has 0 radical (unpaired) electrons. The molecule has 6 heteroatoms. The predicted octanol–water partition coefficient (Wildman–Crippen LogP) is 5.85. The molecule has 0 atom stereocenters. The van der Waals surface area contributed by atoms with Gasteiger partial charge >= 0.3 is 5.97 Å². The number of carboxylic acids is 1. The van der Waals surface area contributed by atoms with Crippen LogP contribution in [0, 0.1) is 6.92 Å². The Kier molecular flexibility index (Phi) is 8.32. The number of nitrogens with zero attached hydrogens (tertiary/aromatic N) is 1. The number of carbonyl (C=O) groups is 1. The van der Waals surface area contributed by atoms with Gasteiger partial charge in [0.15, 0.2) is 0 Å². The van der Waals surface area contributed by atoms with Gasteiger partial charge < -0.3 is 15.2 Å². The minimum absolute atomic E-state index is 0.489. The Morgan fingerprint density at radius 2 is 1.86 bits per heavy atom. The Labute approximate surface area is 211 Å². The van der Waals surface area contributed by atoms with Gasteiger partial charge in [0.25, 0.3) is 0 Å². The number of aromatic amines is 1. The lowest BCUT2D eigenvalue weighted by molar-refractivity contribution is -0.131. The van der Waals surface area contributed by atoms with Crippen LogP contribution >= 0.6 is 0 Å². The molecule has 184 valence electrons. The van der Waals surface area contributed by atoms with Crippen LogP contribution in [-0.2, 0) is 4.79 Å². The van der Waals surface area contributed by atoms with Gasteiger partial charge in [-0.2, -0.15) is 5.10 Å². The maximum absolute atomic E-state index is 10.5. The highest BCUT2D eigenvalue weighted by Crippen LogP contribution is 2.37. The molecule has 4 rings (SSSR count). The fraction of sp³-hybridized carbons (Fsp3) is 0.200. The van der Waals surface area contributed by atoms with Gasteiger partial charge in [-0.3, -0.25) is 5.10 Å². The van der Waals surface area contributed by atoms with Crippen LogP contribution in [0.5, 0.6) is 5.75 Å². The second kappa shape index (κ2) is 12.0. The third-order valence-corrected chi connectivity index (χ3v) is 6.07. The molecule has 0 aliphatic rings. The first-order chi connectivity index (χ1) is 17.6. The van der Waals surface area contributed by atoms with Gasteiger partial charge in [-0.05, 0) is 71.0 Å². The molecular formula is C30H31N3O3. The van der Waals surface area contributed by atoms with Gasteiger partial charge in [-0.25, -0.2) is 4.79 Å². The standard InChI is InChI=1S/C30H31N3O3/c1-3-26(27-8-5-4-7-21(27)2)30(23-12-15-28-24(19-23)20-32-33-28)22-10-13-25(14-11-22)36-18-17-31-16-6-9-29(34)35/h4-15,19-20,31H,3,16-18H2,1-2H3,(H,32,33)(H,34,35)/b9-6+,30-26+. The number of hydrogen-bond donors (Lipinski definition) is 3. The average molecular weight is 482 g/mol. The third-order valence-electron chi connectivity index (χ3n) is 6.07. The molecule has 3 aromatic carbocycles. The van der Waals surface area contributed by atoms with E-state index in [-0.39, 0.29) is 0 Å². The Bertz CT molecular complexity index is 1380. The zero-order chi connectivity index (χ0) is 25.3. The highest BCUT2D eigenvalue weighted by atomic mass is 16.5. The summed E-state index contributed by atoms with van der Waals surface area (Å²) in [7, 11) is 0. The fourth-order valence-electron chi connectivity index (χ4n) is 4.33. The SMILES string of the molecule is CC/C(=C(/c1ccc(OCCNC/C=C/C(=O)O)cc1)c1ccc2[nH]ncc2c1)c1ccccc1C. The van der Waals surface area contributed by atoms with E-state index in [1.807, 2.05) is 18.3 Å². The lowest BCUT2D eigenvalue weighted by Crippen LogP contribution is -2.21. The van der Waals surface area contributed by atoms with Gasteiger partial charge in [-0.1, -0.05) is 55.5 Å². The Morgan fingerprint density at radius 1 is 1.08 bits per heavy atom. The minimum Gasteiger partial charge on any atom is -0.492 e. The van der Waals surface area contributed by atoms with Crippen LogP contribution in [-0.4, -0.2) is 41.0 Å². The Balaban J connectivity index is 1.61. The molecule has 1 heterocycles. The average Bonchev–Trinajstić information content (AvgIpc) is 3.36. The maximum Gasteiger partial charge on any atom is 0.328 e. The largest absolute Gasteiger partial charge is 0.492 e. The molecule has 0 spiro atoms. The lowest BCUT2D eigenvalue weighted by Gasteiger charge is -2.18. The summed E-state index contributed by atoms with van der Waals surface area (Å²) in [6.45, 7) is 5.96. The molecule has 0 saturated heterocycles. The third kappa shape index (κ3) is 6.09. The van der Waals surface area contributed by atoms with Crippen molar-refractivity contribution in [2.45, 2.75) is 20.3 Å². The first-order valence-electron chi connectivity index (χ1n) is 12.1. The first kappa shape index (κ1) is 24.9. The number of rotatable bonds is 11. The van der Waals surface area contributed by atoms with Crippen LogP contribution in [0.25, 0.3) is 22.0 Å². The summed E-state index contributed by atoms with van der Waals surface area (Å²) >= 11 is 0. The van der Waals surface area contributed by atoms with Crippen LogP contribution in [0.1, 0.15) is 35.6 Å². The Morgan fingerprint density at radius 3 is 2.61 bits per heavy atom. The second-order valence-electron chi connectivity index (χ2n) is 8.51. The smallest absolute Gasteiger partial charge is 0.328 e. The lowest BCUT2D eigenvalue weighted by atomic mass is 9.86. The summed E-state index contributed by atoms with van der Waals surface area (Å²) in [4.78, 5) is 10.5. The van der Waals surface area contributed by atoms with Crippen molar-refractivity contribution in [3.8, 4) is 5.75 Å². The molecule has 0 saturated carbocycles. The van der Waals surface area contributed by atoms with Crippen molar-refractivity contribution in [2.75, 3.05) is 19.7 Å². The summed E-state index contributed by atoms with van der Waals surface area (Å²) < 4.78 is 5.88. The summed E-state index contributed by atoms with van der Waals surface area (Å²) in [5.41, 5.74) is 8.30. The molecule has 0 unspecified atom stereocenters. The fourth-order valence-corrected chi connectivity index (χ4v) is 4.33. The van der Waals surface area contributed by atoms with E-state index in [0.29, 0.717) is 19.7 Å². The maximum atomic E-state index is 10.5. The quantitative estimate of drug-likeness (QED) is 0.142. The molecule has 36 heavy (non-hydrogen) atoms. The normalized spacial score (nSPS) is 12.2. The van der Waals surface area contributed by atoms with E-state index in [1.54, 1.807) is 6.08 Å². The van der Waals surface area contributed by atoms with E-state index >= 15 is 0 Å². The van der Waals surface area contributed by atoms with Crippen molar-refractivity contribution in [1.29, 1.82) is 0 Å². The van der Waals surface area contributed by atoms with Gasteiger partial charge in [0.2, 0.25) is 0 Å². The van der Waals surface area contributed by atoms with Gasteiger partial charge in [0.1, 0.15) is 12.4 Å². The highest BCUT2D eigenvalue weighted by molar-refractivity contribution is 6.00. The molecule has 0 bridgehead atoms. The summed E-state index contributed by atoms with van der Waals surface area (Å²) in [5, 5.41) is 20.1. The number of allylic oxidation sites excluding steroid dienone is 1. The van der Waals surface area contributed by atoms with Gasteiger partial charge in [0, 0.05) is 24.6 Å². The number of H-pyrrole nitrogens is 1. The molecule has 1 aromatic heterocycles. The molecule has 0 aliphatic heterocycles. The second-order valence-corrected chi connectivity index (χ2v) is 8.51. The summed E-state index contributed by atoms with van der Waals surface area (Å²) in [6, 6.07) is 23.2. The van der Waals surface area contributed by atoms with Crippen LogP contribution in [0.15, 0.2) is 85.1 Å². The topological polar surface area (TPSA) is 87.2 Å². The van der Waals surface area contributed by atoms with Crippen molar-refractivity contribution >= 4 is 28.0 Å². The zero-order valence-electron chi connectivity index (χ0n) is 20.6. The molecule has 4 aromatic rings. The number of aryl methyl sites for hydroxylation is 1. The van der Waals surface area contributed by atoms with Crippen LogP contribution in [0.4, 0.5) is 0 Å². The molecule has 0 fully saturated rings. The Hall–Kier alpha value is -4.16. The van der Waals surface area contributed by atoms with Crippen molar-refractivity contribution in [3.63, 3.8) is 0 Å². The van der Waals surface area contributed by atoms with Gasteiger partial charge in [0.05, 0.1) is 11.7 Å². The van der Waals surface area contributed by atoms with E-state index in [2.05, 4.69) is 84.0 Å². The predicted molar refractivity (Wildman–Crippen MR) is 145 cm³/mol. The van der Waals surface area contributed by atoms with E-state index < -0.39 is 5.97 Å². The minimum atomic E-state index is -0.945. The van der Waals surface area contributed by atoms with E-state index in [0.717, 1.165) is 40.3 Å².